The van der Waals surface area contributed by atoms with E-state index in [1.807, 2.05) is 42.5 Å². The number of amides is 1. The molecule has 2 N–H and O–H groups in total. The summed E-state index contributed by atoms with van der Waals surface area (Å²) in [5.74, 6) is 0.519. The van der Waals surface area contributed by atoms with E-state index in [0.29, 0.717) is 59.5 Å². The molecule has 0 radical (unpaired) electrons. The smallest absolute Gasteiger partial charge is 0.239 e. The van der Waals surface area contributed by atoms with Crippen LogP contribution in [-0.4, -0.2) is 98.8 Å². The van der Waals surface area contributed by atoms with Gasteiger partial charge in [-0.05, 0) is 110 Å². The van der Waals surface area contributed by atoms with E-state index in [1.54, 1.807) is 43.3 Å². The molecule has 2 fully saturated rings. The maximum Gasteiger partial charge on any atom is 0.239 e. The minimum atomic E-state index is -1.40. The number of allylic oxidation sites excluding steroid dienone is 1. The van der Waals surface area contributed by atoms with Gasteiger partial charge in [-0.1, -0.05) is 42.3 Å². The molecule has 338 valence electrons. The Morgan fingerprint density at radius 1 is 0.968 bits per heavy atom. The van der Waals surface area contributed by atoms with E-state index in [4.69, 9.17) is 38.4 Å². The van der Waals surface area contributed by atoms with Crippen LogP contribution >= 0.6 is 0 Å². The molecule has 3 aromatic carbocycles. The van der Waals surface area contributed by atoms with E-state index >= 15 is 0 Å². The van der Waals surface area contributed by atoms with Gasteiger partial charge in [0.2, 0.25) is 18.0 Å². The molecule has 1 saturated carbocycles. The standard InChI is InChI=1S/C50H62N2O11/c1-5-24-60-50-45(52(2)46(56)27-33-13-12-15-36(26-33)57-3)31-42(51-63-47-17-8-11-25-59-47)40-29-34(14-6-9-22-53)39(16-7-10-23-54)48(49(40)50)41-30-38(19-21-44(41)62-50)61-37-18-20-43(58-4)35(28-37)32-55/h5,12-13,15,18-21,26,28-30,32,34,39,45,47-49,53-54H,1,6-11,14,16-17,22-25,27,31H2,2-4H3. The quantitative estimate of drug-likeness (QED) is 0.0461. The van der Waals surface area contributed by atoms with Crippen LogP contribution in [0.15, 0.2) is 90.1 Å². The van der Waals surface area contributed by atoms with Crippen molar-refractivity contribution in [3.63, 3.8) is 0 Å². The first-order valence-electron chi connectivity index (χ1n) is 22.3. The number of aliphatic hydroxyl groups is 2. The summed E-state index contributed by atoms with van der Waals surface area (Å²) in [5, 5.41) is 24.8. The third kappa shape index (κ3) is 10.1. The first kappa shape index (κ1) is 45.8. The molecule has 1 saturated heterocycles. The van der Waals surface area contributed by atoms with Crippen molar-refractivity contribution in [1.82, 2.24) is 4.90 Å². The van der Waals surface area contributed by atoms with Gasteiger partial charge in [0, 0.05) is 44.6 Å². The number of benzene rings is 3. The Kier molecular flexibility index (Phi) is 15.6. The molecule has 7 atom stereocenters. The van der Waals surface area contributed by atoms with Crippen molar-refractivity contribution < 1.29 is 53.1 Å². The molecule has 1 amide bonds. The molecule has 0 bridgehead atoms. The highest BCUT2D eigenvalue weighted by molar-refractivity contribution is 6.03. The summed E-state index contributed by atoms with van der Waals surface area (Å²) >= 11 is 0. The molecular weight excluding hydrogens is 805 g/mol. The summed E-state index contributed by atoms with van der Waals surface area (Å²) in [6.07, 6.45) is 11.8. The molecule has 0 aromatic heterocycles. The van der Waals surface area contributed by atoms with Crippen molar-refractivity contribution in [2.24, 2.45) is 22.9 Å². The number of hydrogen-bond donors (Lipinski definition) is 2. The van der Waals surface area contributed by atoms with Gasteiger partial charge in [-0.25, -0.2) is 0 Å². The van der Waals surface area contributed by atoms with Crippen LogP contribution in [0, 0.1) is 17.8 Å². The van der Waals surface area contributed by atoms with Crippen LogP contribution < -0.4 is 18.9 Å². The number of carbonyl (C=O) groups is 2. The summed E-state index contributed by atoms with van der Waals surface area (Å²) in [6, 6.07) is 17.7. The van der Waals surface area contributed by atoms with Gasteiger partial charge in [0.05, 0.1) is 51.0 Å². The number of nitrogens with zero attached hydrogens (tertiary/aromatic N) is 2. The zero-order chi connectivity index (χ0) is 44.3. The number of carbonyl (C=O) groups excluding carboxylic acids is 2. The predicted octanol–water partition coefficient (Wildman–Crippen LogP) is 8.17. The number of oxime groups is 1. The van der Waals surface area contributed by atoms with Gasteiger partial charge in [0.15, 0.2) is 6.29 Å². The van der Waals surface area contributed by atoms with Crippen LogP contribution in [0.3, 0.4) is 0 Å². The van der Waals surface area contributed by atoms with Gasteiger partial charge in [0.1, 0.15) is 34.8 Å². The molecule has 63 heavy (non-hydrogen) atoms. The summed E-state index contributed by atoms with van der Waals surface area (Å²) in [4.78, 5) is 34.5. The highest BCUT2D eigenvalue weighted by Crippen LogP contribution is 2.62. The first-order chi connectivity index (χ1) is 30.8. The Balaban J connectivity index is 1.40. The normalized spacial score (nSPS) is 25.4. The fourth-order valence-electron chi connectivity index (χ4n) is 9.97. The van der Waals surface area contributed by atoms with E-state index in [9.17, 15) is 19.8 Å². The highest BCUT2D eigenvalue weighted by atomic mass is 16.8. The molecule has 13 nitrogen and oxygen atoms in total. The Bertz CT molecular complexity index is 2110. The molecule has 2 heterocycles. The average molecular weight is 867 g/mol. The second-order valence-electron chi connectivity index (χ2n) is 16.8. The van der Waals surface area contributed by atoms with Crippen molar-refractivity contribution in [2.75, 3.05) is 47.7 Å². The fraction of sp³-hybridized carbons (Fsp3) is 0.500. The molecule has 0 spiro atoms. The first-order valence-corrected chi connectivity index (χ1v) is 22.3. The van der Waals surface area contributed by atoms with Crippen LogP contribution in [0.25, 0.3) is 0 Å². The fourth-order valence-corrected chi connectivity index (χ4v) is 9.97. The lowest BCUT2D eigenvalue weighted by Crippen LogP contribution is -2.69. The zero-order valence-electron chi connectivity index (χ0n) is 36.7. The average Bonchev–Trinajstić information content (AvgIpc) is 3.31. The number of fused-ring (bicyclic) bond motifs is 2. The highest BCUT2D eigenvalue weighted by Gasteiger charge is 2.65. The Hall–Kier alpha value is -5.21. The Morgan fingerprint density at radius 2 is 1.76 bits per heavy atom. The second-order valence-corrected chi connectivity index (χ2v) is 16.8. The number of unbranched alkanes of at least 4 members (excludes halogenated alkanes) is 2. The van der Waals surface area contributed by atoms with E-state index in [1.165, 1.54) is 7.11 Å². The number of methoxy groups -OCH3 is 2. The third-order valence-corrected chi connectivity index (χ3v) is 13.0. The molecule has 2 aliphatic heterocycles. The molecule has 2 aliphatic carbocycles. The zero-order valence-corrected chi connectivity index (χ0v) is 36.7. The Labute approximate surface area is 370 Å². The van der Waals surface area contributed by atoms with Crippen LogP contribution in [0.4, 0.5) is 0 Å². The van der Waals surface area contributed by atoms with Gasteiger partial charge in [0.25, 0.3) is 0 Å². The number of ether oxygens (including phenoxy) is 6. The van der Waals surface area contributed by atoms with Crippen molar-refractivity contribution in [2.45, 2.75) is 94.7 Å². The molecular formula is C50H62N2O11. The van der Waals surface area contributed by atoms with Crippen molar-refractivity contribution >= 4 is 17.9 Å². The third-order valence-electron chi connectivity index (χ3n) is 13.0. The van der Waals surface area contributed by atoms with Crippen LogP contribution in [0.5, 0.6) is 28.7 Å². The van der Waals surface area contributed by atoms with Crippen molar-refractivity contribution in [3.05, 3.63) is 102 Å². The van der Waals surface area contributed by atoms with E-state index in [2.05, 4.69) is 12.7 Å². The molecule has 13 heteroatoms. The predicted molar refractivity (Wildman–Crippen MR) is 238 cm³/mol. The molecule has 3 aromatic rings. The summed E-state index contributed by atoms with van der Waals surface area (Å²) < 4.78 is 37.7. The molecule has 7 unspecified atom stereocenters. The topological polar surface area (TPSA) is 155 Å². The number of aldehydes is 1. The lowest BCUT2D eigenvalue weighted by atomic mass is 9.55. The van der Waals surface area contributed by atoms with Crippen molar-refractivity contribution in [1.29, 1.82) is 0 Å². The van der Waals surface area contributed by atoms with Gasteiger partial charge in [-0.2, -0.15) is 0 Å². The summed E-state index contributed by atoms with van der Waals surface area (Å²) in [5.41, 5.74) is 3.71. The summed E-state index contributed by atoms with van der Waals surface area (Å²) in [6.45, 7) is 4.93. The van der Waals surface area contributed by atoms with E-state index in [-0.39, 0.29) is 56.3 Å². The Morgan fingerprint density at radius 3 is 2.49 bits per heavy atom. The number of rotatable bonds is 21. The van der Waals surface area contributed by atoms with Crippen LogP contribution in [0.2, 0.25) is 0 Å². The summed E-state index contributed by atoms with van der Waals surface area (Å²) in [7, 11) is 4.92. The SMILES string of the molecule is C=CCOC12Oc3ccc(Oc4ccc(OC)c(C=O)c4)cc3C3C(CCCCO)C(CCCCO)C=C(C(=NOC4CCCCO4)CC1N(C)C(=O)Cc1cccc(OC)c1)C32. The van der Waals surface area contributed by atoms with Gasteiger partial charge >= 0.3 is 0 Å². The van der Waals surface area contributed by atoms with Gasteiger partial charge in [-0.15, -0.1) is 6.58 Å². The van der Waals surface area contributed by atoms with Crippen molar-refractivity contribution in [3.8, 4) is 28.7 Å². The van der Waals surface area contributed by atoms with E-state index < -0.39 is 24.0 Å². The minimum Gasteiger partial charge on any atom is -0.497 e. The maximum absolute atomic E-state index is 14.6. The largest absolute Gasteiger partial charge is 0.497 e. The maximum atomic E-state index is 14.6. The molecule has 7 rings (SSSR count). The number of hydrogen-bond acceptors (Lipinski definition) is 12. The second kappa shape index (κ2) is 21.4. The molecule has 4 aliphatic rings. The van der Waals surface area contributed by atoms with Crippen LogP contribution in [-0.2, 0) is 25.5 Å². The van der Waals surface area contributed by atoms with E-state index in [0.717, 1.165) is 67.9 Å². The lowest BCUT2D eigenvalue weighted by molar-refractivity contribution is -0.255. The van der Waals surface area contributed by atoms with Gasteiger partial charge < -0.3 is 48.4 Å². The van der Waals surface area contributed by atoms with Crippen LogP contribution in [0.1, 0.15) is 91.6 Å². The number of aliphatic hydroxyl groups excluding tert-OH is 2. The lowest BCUT2D eigenvalue weighted by Gasteiger charge is -2.59. The minimum absolute atomic E-state index is 0.0247. The monoisotopic (exact) mass is 866 g/mol. The van der Waals surface area contributed by atoms with Gasteiger partial charge in [-0.3, -0.25) is 9.59 Å². The number of likely N-dealkylation sites (N-methyl/N-ethyl adjacent to an activating group) is 1.